The van der Waals surface area contributed by atoms with E-state index in [0.29, 0.717) is 6.04 Å². The number of rotatable bonds is 8. The summed E-state index contributed by atoms with van der Waals surface area (Å²) in [5.74, 6) is 1.67. The summed E-state index contributed by atoms with van der Waals surface area (Å²) in [7, 11) is -1.79. The van der Waals surface area contributed by atoms with Crippen molar-refractivity contribution in [1.82, 2.24) is 9.88 Å². The second-order valence-electron chi connectivity index (χ2n) is 11.0. The SMILES string of the molecule is CC[C@H](c1nc(-c2ccccc2)c(-c2ccccc2)o1)N1CCC[C@H]1CO[Si](C)(C)C(C)(C)C. The molecule has 0 radical (unpaired) electrons. The lowest BCUT2D eigenvalue weighted by Crippen LogP contribution is -2.45. The minimum Gasteiger partial charge on any atom is -0.438 e. The fraction of sp³-hybridized carbons (Fsp3) is 0.483. The van der Waals surface area contributed by atoms with Gasteiger partial charge in [-0.15, -0.1) is 0 Å². The highest BCUT2D eigenvalue weighted by Gasteiger charge is 2.40. The van der Waals surface area contributed by atoms with Crippen LogP contribution in [0.1, 0.15) is 58.9 Å². The van der Waals surface area contributed by atoms with Crippen molar-refractivity contribution in [1.29, 1.82) is 0 Å². The molecule has 2 heterocycles. The van der Waals surface area contributed by atoms with Gasteiger partial charge < -0.3 is 8.84 Å². The van der Waals surface area contributed by atoms with E-state index >= 15 is 0 Å². The Morgan fingerprint density at radius 3 is 2.24 bits per heavy atom. The van der Waals surface area contributed by atoms with Gasteiger partial charge in [0.25, 0.3) is 0 Å². The molecule has 0 unspecified atom stereocenters. The molecule has 1 aliphatic rings. The van der Waals surface area contributed by atoms with Crippen molar-refractivity contribution in [3.8, 4) is 22.6 Å². The molecule has 0 N–H and O–H groups in total. The standard InChI is InChI=1S/C29H40N2O2Si/c1-7-25(31-20-14-19-24(31)21-32-34(5,6)29(2,3)4)28-30-26(22-15-10-8-11-16-22)27(33-28)23-17-12-9-13-18-23/h8-13,15-18,24-25H,7,14,19-21H2,1-6H3/t24-,25+/m0/s1. The van der Waals surface area contributed by atoms with Crippen molar-refractivity contribution in [3.05, 3.63) is 66.6 Å². The van der Waals surface area contributed by atoms with Gasteiger partial charge in [0.05, 0.1) is 6.04 Å². The highest BCUT2D eigenvalue weighted by molar-refractivity contribution is 6.74. The summed E-state index contributed by atoms with van der Waals surface area (Å²) >= 11 is 0. The fourth-order valence-corrected chi connectivity index (χ4v) is 5.62. The molecule has 4 rings (SSSR count). The Bertz CT molecular complexity index is 1000. The predicted octanol–water partition coefficient (Wildman–Crippen LogP) is 7.95. The van der Waals surface area contributed by atoms with Crippen LogP contribution >= 0.6 is 0 Å². The topological polar surface area (TPSA) is 38.5 Å². The summed E-state index contributed by atoms with van der Waals surface area (Å²) in [6.45, 7) is 15.7. The van der Waals surface area contributed by atoms with E-state index < -0.39 is 8.32 Å². The molecule has 2 aromatic carbocycles. The molecule has 0 amide bonds. The molecule has 4 nitrogen and oxygen atoms in total. The van der Waals surface area contributed by atoms with Gasteiger partial charge in [-0.2, -0.15) is 0 Å². The Morgan fingerprint density at radius 2 is 1.65 bits per heavy atom. The molecular weight excluding hydrogens is 436 g/mol. The molecule has 2 atom stereocenters. The van der Waals surface area contributed by atoms with E-state index in [4.69, 9.17) is 13.8 Å². The van der Waals surface area contributed by atoms with Crippen LogP contribution in [0.4, 0.5) is 0 Å². The van der Waals surface area contributed by atoms with Gasteiger partial charge in [0.15, 0.2) is 14.1 Å². The van der Waals surface area contributed by atoms with Crippen molar-refractivity contribution in [3.63, 3.8) is 0 Å². The Kier molecular flexibility index (Phi) is 7.46. The van der Waals surface area contributed by atoms with Crippen LogP contribution in [0.2, 0.25) is 18.1 Å². The van der Waals surface area contributed by atoms with Crippen molar-refractivity contribution < 1.29 is 8.84 Å². The third-order valence-electron chi connectivity index (χ3n) is 7.66. The maximum atomic E-state index is 6.65. The van der Waals surface area contributed by atoms with E-state index in [0.717, 1.165) is 48.0 Å². The highest BCUT2D eigenvalue weighted by atomic mass is 28.4. The summed E-state index contributed by atoms with van der Waals surface area (Å²) in [5, 5.41) is 0.221. The molecule has 1 aliphatic heterocycles. The lowest BCUT2D eigenvalue weighted by molar-refractivity contribution is 0.106. The number of oxazole rings is 1. The quantitative estimate of drug-likeness (QED) is 0.309. The zero-order valence-corrected chi connectivity index (χ0v) is 22.7. The van der Waals surface area contributed by atoms with E-state index in [1.807, 2.05) is 12.1 Å². The smallest absolute Gasteiger partial charge is 0.212 e. The van der Waals surface area contributed by atoms with Crippen molar-refractivity contribution in [2.45, 2.75) is 77.2 Å². The van der Waals surface area contributed by atoms with E-state index in [9.17, 15) is 0 Å². The second kappa shape index (κ2) is 10.2. The number of benzene rings is 2. The largest absolute Gasteiger partial charge is 0.438 e. The zero-order chi connectivity index (χ0) is 24.3. The normalized spacial score (nSPS) is 18.4. The summed E-state index contributed by atoms with van der Waals surface area (Å²) in [4.78, 5) is 7.70. The highest BCUT2D eigenvalue weighted by Crippen LogP contribution is 2.40. The van der Waals surface area contributed by atoms with Gasteiger partial charge in [-0.25, -0.2) is 4.98 Å². The zero-order valence-electron chi connectivity index (χ0n) is 21.7. The second-order valence-corrected chi connectivity index (χ2v) is 15.8. The molecule has 0 saturated carbocycles. The van der Waals surface area contributed by atoms with Crippen LogP contribution in [0.3, 0.4) is 0 Å². The Balaban J connectivity index is 1.64. The van der Waals surface area contributed by atoms with Crippen LogP contribution in [0.5, 0.6) is 0 Å². The first-order valence-corrected chi connectivity index (χ1v) is 15.6. The van der Waals surface area contributed by atoms with E-state index in [-0.39, 0.29) is 11.1 Å². The molecule has 34 heavy (non-hydrogen) atoms. The molecule has 1 saturated heterocycles. The Hall–Kier alpha value is -2.21. The average molecular weight is 477 g/mol. The van der Waals surface area contributed by atoms with E-state index in [1.165, 1.54) is 12.8 Å². The minimum absolute atomic E-state index is 0.149. The molecule has 0 aliphatic carbocycles. The number of nitrogens with zero attached hydrogens (tertiary/aromatic N) is 2. The van der Waals surface area contributed by atoms with Crippen LogP contribution in [-0.4, -0.2) is 37.4 Å². The predicted molar refractivity (Wildman–Crippen MR) is 143 cm³/mol. The molecular formula is C29H40N2O2Si. The number of hydrogen-bond donors (Lipinski definition) is 0. The lowest BCUT2D eigenvalue weighted by atomic mass is 10.1. The molecule has 1 aromatic heterocycles. The van der Waals surface area contributed by atoms with Gasteiger partial charge in [-0.05, 0) is 43.9 Å². The number of aromatic nitrogens is 1. The third-order valence-corrected chi connectivity index (χ3v) is 12.2. The number of likely N-dealkylation sites (tertiary alicyclic amines) is 1. The molecule has 0 bridgehead atoms. The van der Waals surface area contributed by atoms with Gasteiger partial charge in [0, 0.05) is 23.8 Å². The first-order chi connectivity index (χ1) is 16.2. The van der Waals surface area contributed by atoms with E-state index in [1.54, 1.807) is 0 Å². The van der Waals surface area contributed by atoms with Gasteiger partial charge >= 0.3 is 0 Å². The van der Waals surface area contributed by atoms with Crippen LogP contribution in [0, 0.1) is 0 Å². The van der Waals surface area contributed by atoms with E-state index in [2.05, 4.69) is 94.2 Å². The number of hydrogen-bond acceptors (Lipinski definition) is 4. The van der Waals surface area contributed by atoms with Crippen molar-refractivity contribution in [2.75, 3.05) is 13.2 Å². The van der Waals surface area contributed by atoms with Crippen LogP contribution in [0.25, 0.3) is 22.6 Å². The summed E-state index contributed by atoms with van der Waals surface area (Å²) in [6.07, 6.45) is 3.32. The molecule has 0 spiro atoms. The molecule has 3 aromatic rings. The maximum absolute atomic E-state index is 6.65. The van der Waals surface area contributed by atoms with Crippen molar-refractivity contribution in [2.24, 2.45) is 0 Å². The molecule has 1 fully saturated rings. The van der Waals surface area contributed by atoms with Crippen LogP contribution in [-0.2, 0) is 4.43 Å². The Labute approximate surface area is 206 Å². The maximum Gasteiger partial charge on any atom is 0.212 e. The first-order valence-electron chi connectivity index (χ1n) is 12.7. The molecule has 5 heteroatoms. The first kappa shape index (κ1) is 24.9. The van der Waals surface area contributed by atoms with Gasteiger partial charge in [0.2, 0.25) is 5.89 Å². The third kappa shape index (κ3) is 5.22. The van der Waals surface area contributed by atoms with Crippen LogP contribution in [0.15, 0.2) is 65.1 Å². The van der Waals surface area contributed by atoms with Gasteiger partial charge in [-0.3, -0.25) is 4.90 Å². The summed E-state index contributed by atoms with van der Waals surface area (Å²) < 4.78 is 13.2. The average Bonchev–Trinajstić information content (AvgIpc) is 3.47. The fourth-order valence-electron chi connectivity index (χ4n) is 4.58. The summed E-state index contributed by atoms with van der Waals surface area (Å²) in [5.41, 5.74) is 3.08. The van der Waals surface area contributed by atoms with Crippen LogP contribution < -0.4 is 0 Å². The van der Waals surface area contributed by atoms with Gasteiger partial charge in [0.1, 0.15) is 5.69 Å². The summed E-state index contributed by atoms with van der Waals surface area (Å²) in [6, 6.07) is 21.3. The van der Waals surface area contributed by atoms with Gasteiger partial charge in [-0.1, -0.05) is 88.4 Å². The monoisotopic (exact) mass is 476 g/mol. The Morgan fingerprint density at radius 1 is 1.03 bits per heavy atom. The minimum atomic E-state index is -1.79. The van der Waals surface area contributed by atoms with Crippen molar-refractivity contribution >= 4 is 8.32 Å². The molecule has 182 valence electrons. The lowest BCUT2D eigenvalue weighted by Gasteiger charge is -2.38.